The zero-order valence-electron chi connectivity index (χ0n) is 9.61. The minimum absolute atomic E-state index is 0.0228. The molecular weight excluding hydrogens is 220 g/mol. The average molecular weight is 232 g/mol. The smallest absolute Gasteiger partial charge is 0.347 e. The molecule has 1 aromatic heterocycles. The highest BCUT2D eigenvalue weighted by Gasteiger charge is 2.16. The lowest BCUT2D eigenvalue weighted by molar-refractivity contribution is 0.0984. The molecule has 17 heavy (non-hydrogen) atoms. The van der Waals surface area contributed by atoms with Gasteiger partial charge < -0.3 is 9.52 Å². The van der Waals surface area contributed by atoms with E-state index in [1.807, 2.05) is 0 Å². The van der Waals surface area contributed by atoms with Gasteiger partial charge in [-0.15, -0.1) is 0 Å². The van der Waals surface area contributed by atoms with E-state index in [1.165, 1.54) is 12.1 Å². The number of ketones is 1. The minimum atomic E-state index is -0.646. The van der Waals surface area contributed by atoms with Crippen molar-refractivity contribution in [3.63, 3.8) is 0 Å². The lowest BCUT2D eigenvalue weighted by Gasteiger charge is -2.05. The number of hydrogen-bond donors (Lipinski definition) is 1. The number of carbonyl (C=O) groups excluding carboxylic acids is 1. The highest BCUT2D eigenvalue weighted by atomic mass is 16.4. The molecule has 2 aromatic rings. The van der Waals surface area contributed by atoms with Gasteiger partial charge in [-0.25, -0.2) is 4.79 Å². The van der Waals surface area contributed by atoms with E-state index in [9.17, 15) is 14.7 Å². The van der Waals surface area contributed by atoms with E-state index in [0.29, 0.717) is 16.5 Å². The molecule has 0 saturated heterocycles. The molecule has 1 aromatic carbocycles. The van der Waals surface area contributed by atoms with E-state index in [4.69, 9.17) is 4.42 Å². The van der Waals surface area contributed by atoms with Gasteiger partial charge in [-0.05, 0) is 24.6 Å². The van der Waals surface area contributed by atoms with E-state index in [1.54, 1.807) is 19.9 Å². The van der Waals surface area contributed by atoms with Gasteiger partial charge in [0.1, 0.15) is 16.9 Å². The summed E-state index contributed by atoms with van der Waals surface area (Å²) in [5.74, 6) is -0.208. The van der Waals surface area contributed by atoms with Crippen molar-refractivity contribution in [1.29, 1.82) is 0 Å². The number of Topliss-reactive ketones (excluding diaryl/α,β-unsaturated/α-hetero) is 1. The number of rotatable bonds is 2. The van der Waals surface area contributed by atoms with Crippen LogP contribution in [0.5, 0.6) is 5.75 Å². The Kier molecular flexibility index (Phi) is 2.71. The van der Waals surface area contributed by atoms with Crippen LogP contribution >= 0.6 is 0 Å². The molecule has 0 bridgehead atoms. The highest BCUT2D eigenvalue weighted by Crippen LogP contribution is 2.23. The summed E-state index contributed by atoms with van der Waals surface area (Å²) in [4.78, 5) is 23.4. The summed E-state index contributed by atoms with van der Waals surface area (Å²) < 4.78 is 5.04. The first kappa shape index (κ1) is 11.4. The lowest BCUT2D eigenvalue weighted by atomic mass is 10.0. The normalized spacial score (nSPS) is 10.7. The van der Waals surface area contributed by atoms with E-state index < -0.39 is 5.63 Å². The number of phenols is 1. The third-order valence-corrected chi connectivity index (χ3v) is 2.75. The van der Waals surface area contributed by atoms with Crippen molar-refractivity contribution in [2.45, 2.75) is 20.3 Å². The molecule has 2 rings (SSSR count). The van der Waals surface area contributed by atoms with Crippen LogP contribution in [0.4, 0.5) is 0 Å². The summed E-state index contributed by atoms with van der Waals surface area (Å²) in [6, 6.07) is 4.49. The van der Waals surface area contributed by atoms with Gasteiger partial charge in [-0.3, -0.25) is 4.79 Å². The predicted molar refractivity (Wildman–Crippen MR) is 63.5 cm³/mol. The van der Waals surface area contributed by atoms with Crippen LogP contribution in [0.2, 0.25) is 0 Å². The molecule has 4 heteroatoms. The molecule has 0 aliphatic carbocycles. The molecule has 1 heterocycles. The number of carbonyl (C=O) groups is 1. The molecule has 0 aliphatic heterocycles. The van der Waals surface area contributed by atoms with Crippen LogP contribution < -0.4 is 5.63 Å². The summed E-state index contributed by atoms with van der Waals surface area (Å²) in [6.45, 7) is 3.40. The monoisotopic (exact) mass is 232 g/mol. The molecule has 0 radical (unpaired) electrons. The first-order chi connectivity index (χ1) is 8.04. The van der Waals surface area contributed by atoms with Gasteiger partial charge in [0.25, 0.3) is 0 Å². The van der Waals surface area contributed by atoms with E-state index in [2.05, 4.69) is 0 Å². The number of fused-ring (bicyclic) bond motifs is 1. The Bertz CT molecular complexity index is 652. The molecule has 0 fully saturated rings. The molecule has 0 amide bonds. The number of hydrogen-bond acceptors (Lipinski definition) is 4. The van der Waals surface area contributed by atoms with Crippen LogP contribution in [0, 0.1) is 6.92 Å². The van der Waals surface area contributed by atoms with Crippen LogP contribution in [0.25, 0.3) is 11.0 Å². The van der Waals surface area contributed by atoms with Gasteiger partial charge in [0.15, 0.2) is 5.78 Å². The first-order valence-corrected chi connectivity index (χ1v) is 5.34. The number of benzene rings is 1. The molecular formula is C13H12O4. The van der Waals surface area contributed by atoms with Crippen molar-refractivity contribution in [3.8, 4) is 5.75 Å². The third kappa shape index (κ3) is 1.82. The second-order valence-electron chi connectivity index (χ2n) is 3.85. The van der Waals surface area contributed by atoms with Crippen molar-refractivity contribution in [2.75, 3.05) is 0 Å². The highest BCUT2D eigenvalue weighted by molar-refractivity contribution is 6.00. The third-order valence-electron chi connectivity index (χ3n) is 2.75. The summed E-state index contributed by atoms with van der Waals surface area (Å²) in [5.41, 5.74) is 0.349. The molecule has 0 aliphatic rings. The molecule has 4 nitrogen and oxygen atoms in total. The van der Waals surface area contributed by atoms with Crippen LogP contribution in [-0.2, 0) is 0 Å². The van der Waals surface area contributed by atoms with Gasteiger partial charge in [0.05, 0.1) is 0 Å². The molecule has 88 valence electrons. The van der Waals surface area contributed by atoms with Crippen LogP contribution in [-0.4, -0.2) is 10.9 Å². The van der Waals surface area contributed by atoms with Gasteiger partial charge in [-0.2, -0.15) is 0 Å². The van der Waals surface area contributed by atoms with Gasteiger partial charge in [-0.1, -0.05) is 6.92 Å². The van der Waals surface area contributed by atoms with Crippen molar-refractivity contribution >= 4 is 16.8 Å². The molecule has 0 unspecified atom stereocenters. The average Bonchev–Trinajstić information content (AvgIpc) is 2.28. The van der Waals surface area contributed by atoms with Crippen LogP contribution in [0.3, 0.4) is 0 Å². The Morgan fingerprint density at radius 3 is 2.76 bits per heavy atom. The fraction of sp³-hybridized carbons (Fsp3) is 0.231. The van der Waals surface area contributed by atoms with Crippen molar-refractivity contribution in [2.24, 2.45) is 0 Å². The van der Waals surface area contributed by atoms with Gasteiger partial charge in [0.2, 0.25) is 0 Å². The number of aryl methyl sites for hydroxylation is 1. The maximum Gasteiger partial charge on any atom is 0.347 e. The summed E-state index contributed by atoms with van der Waals surface area (Å²) in [6.07, 6.45) is 0.259. The van der Waals surface area contributed by atoms with E-state index in [0.717, 1.165) is 0 Å². The Morgan fingerprint density at radius 2 is 2.12 bits per heavy atom. The second-order valence-corrected chi connectivity index (χ2v) is 3.85. The first-order valence-electron chi connectivity index (χ1n) is 5.34. The summed E-state index contributed by atoms with van der Waals surface area (Å²) in [5, 5.41) is 9.97. The number of aromatic hydroxyl groups is 1. The Hall–Kier alpha value is -2.10. The fourth-order valence-corrected chi connectivity index (χ4v) is 1.84. The fourth-order valence-electron chi connectivity index (χ4n) is 1.84. The standard InChI is InChI=1S/C13H12O4/c1-3-10(15)12-7(2)9-5-4-8(14)6-11(9)17-13(12)16/h4-6,14H,3H2,1-2H3. The zero-order valence-corrected chi connectivity index (χ0v) is 9.61. The van der Waals surface area contributed by atoms with Gasteiger partial charge >= 0.3 is 5.63 Å². The van der Waals surface area contributed by atoms with Crippen molar-refractivity contribution in [3.05, 3.63) is 39.7 Å². The summed E-state index contributed by atoms with van der Waals surface area (Å²) in [7, 11) is 0. The second kappa shape index (κ2) is 4.05. The Labute approximate surface area is 97.5 Å². The number of phenolic OH excluding ortho intramolecular Hbond substituents is 1. The predicted octanol–water partition coefficient (Wildman–Crippen LogP) is 2.40. The molecule has 1 N–H and O–H groups in total. The maximum absolute atomic E-state index is 11.7. The quantitative estimate of drug-likeness (QED) is 0.637. The zero-order chi connectivity index (χ0) is 12.6. The van der Waals surface area contributed by atoms with E-state index >= 15 is 0 Å². The van der Waals surface area contributed by atoms with Crippen molar-refractivity contribution < 1.29 is 14.3 Å². The minimum Gasteiger partial charge on any atom is -0.508 e. The topological polar surface area (TPSA) is 67.5 Å². The van der Waals surface area contributed by atoms with E-state index in [-0.39, 0.29) is 23.5 Å². The molecule has 0 spiro atoms. The Balaban J connectivity index is 2.85. The Morgan fingerprint density at radius 1 is 1.41 bits per heavy atom. The summed E-state index contributed by atoms with van der Waals surface area (Å²) >= 11 is 0. The van der Waals surface area contributed by atoms with Gasteiger partial charge in [0, 0.05) is 17.9 Å². The van der Waals surface area contributed by atoms with Crippen LogP contribution in [0.1, 0.15) is 29.3 Å². The maximum atomic E-state index is 11.7. The lowest BCUT2D eigenvalue weighted by Crippen LogP contribution is -2.15. The van der Waals surface area contributed by atoms with Crippen LogP contribution in [0.15, 0.2) is 27.4 Å². The SMILES string of the molecule is CCC(=O)c1c(C)c2ccc(O)cc2oc1=O. The molecule has 0 atom stereocenters. The largest absolute Gasteiger partial charge is 0.508 e. The van der Waals surface area contributed by atoms with Crippen molar-refractivity contribution in [1.82, 2.24) is 0 Å². The molecule has 0 saturated carbocycles.